The van der Waals surface area contributed by atoms with Crippen molar-refractivity contribution in [1.82, 2.24) is 10.2 Å². The van der Waals surface area contributed by atoms with Gasteiger partial charge in [0.25, 0.3) is 0 Å². The second-order valence-electron chi connectivity index (χ2n) is 6.97. The lowest BCUT2D eigenvalue weighted by Gasteiger charge is -2.38. The topological polar surface area (TPSA) is 15.3 Å². The van der Waals surface area contributed by atoms with Gasteiger partial charge in [-0.15, -0.1) is 0 Å². The first kappa shape index (κ1) is 15.3. The van der Waals surface area contributed by atoms with Gasteiger partial charge in [0, 0.05) is 18.6 Å². The zero-order valence-corrected chi connectivity index (χ0v) is 13.3. The third-order valence-electron chi connectivity index (χ3n) is 5.71. The molecule has 2 nitrogen and oxygen atoms in total. The molecule has 1 saturated carbocycles. The summed E-state index contributed by atoms with van der Waals surface area (Å²) >= 11 is 0. The van der Waals surface area contributed by atoms with Crippen LogP contribution in [0.1, 0.15) is 65.2 Å². The number of nitrogens with zero attached hydrogens (tertiary/aromatic N) is 1. The first-order valence-corrected chi connectivity index (χ1v) is 8.66. The van der Waals surface area contributed by atoms with E-state index in [1.165, 1.54) is 64.5 Å². The van der Waals surface area contributed by atoms with Gasteiger partial charge in [0.2, 0.25) is 0 Å². The molecule has 0 aromatic rings. The molecule has 2 rings (SSSR count). The minimum absolute atomic E-state index is 0.743. The molecule has 1 aliphatic carbocycles. The maximum atomic E-state index is 3.73. The van der Waals surface area contributed by atoms with Crippen LogP contribution < -0.4 is 5.32 Å². The fourth-order valence-corrected chi connectivity index (χ4v) is 4.10. The van der Waals surface area contributed by atoms with Gasteiger partial charge in [-0.2, -0.15) is 0 Å². The van der Waals surface area contributed by atoms with Gasteiger partial charge in [-0.05, 0) is 64.0 Å². The van der Waals surface area contributed by atoms with Gasteiger partial charge >= 0.3 is 0 Å². The summed E-state index contributed by atoms with van der Waals surface area (Å²) in [5.74, 6) is 1.98. The van der Waals surface area contributed by atoms with E-state index in [0.717, 1.165) is 23.9 Å². The first-order chi connectivity index (χ1) is 9.22. The van der Waals surface area contributed by atoms with Gasteiger partial charge in [-0.1, -0.05) is 26.7 Å². The predicted molar refractivity (Wildman–Crippen MR) is 83.5 cm³/mol. The van der Waals surface area contributed by atoms with Crippen molar-refractivity contribution >= 4 is 0 Å². The summed E-state index contributed by atoms with van der Waals surface area (Å²) in [5.41, 5.74) is 0. The van der Waals surface area contributed by atoms with E-state index in [1.54, 1.807) is 0 Å². The number of rotatable bonds is 5. The standard InChI is InChI=1S/C17H34N2/c1-4-14-6-8-17(9-7-14)19(3)13-16-12-15(5-2)10-11-18-16/h14-18H,4-13H2,1-3H3. The van der Waals surface area contributed by atoms with Crippen molar-refractivity contribution in [3.8, 4) is 0 Å². The van der Waals surface area contributed by atoms with Crippen molar-refractivity contribution in [3.63, 3.8) is 0 Å². The Morgan fingerprint density at radius 3 is 2.26 bits per heavy atom. The van der Waals surface area contributed by atoms with Crippen molar-refractivity contribution in [3.05, 3.63) is 0 Å². The van der Waals surface area contributed by atoms with Crippen LogP contribution in [0.3, 0.4) is 0 Å². The van der Waals surface area contributed by atoms with Gasteiger partial charge in [-0.3, -0.25) is 0 Å². The van der Waals surface area contributed by atoms with Crippen LogP contribution in [0.25, 0.3) is 0 Å². The highest BCUT2D eigenvalue weighted by Gasteiger charge is 2.26. The van der Waals surface area contributed by atoms with Crippen molar-refractivity contribution in [2.75, 3.05) is 20.1 Å². The third kappa shape index (κ3) is 4.46. The Kier molecular flexibility index (Phi) is 6.15. The van der Waals surface area contributed by atoms with Crippen LogP contribution in [-0.2, 0) is 0 Å². The van der Waals surface area contributed by atoms with Crippen molar-refractivity contribution in [2.24, 2.45) is 11.8 Å². The average Bonchev–Trinajstić information content (AvgIpc) is 2.47. The SMILES string of the molecule is CCC1CCC(N(C)CC2CC(CC)CCN2)CC1. The lowest BCUT2D eigenvalue weighted by atomic mass is 9.83. The Hall–Kier alpha value is -0.0800. The predicted octanol–water partition coefficient (Wildman–Crippen LogP) is 3.67. The molecule has 1 heterocycles. The summed E-state index contributed by atoms with van der Waals surface area (Å²) < 4.78 is 0. The van der Waals surface area contributed by atoms with E-state index in [2.05, 4.69) is 31.1 Å². The lowest BCUT2D eigenvalue weighted by molar-refractivity contribution is 0.136. The number of nitrogens with one attached hydrogen (secondary N) is 1. The van der Waals surface area contributed by atoms with Gasteiger partial charge in [-0.25, -0.2) is 0 Å². The number of likely N-dealkylation sites (N-methyl/N-ethyl adjacent to an activating group) is 1. The minimum atomic E-state index is 0.743. The molecular weight excluding hydrogens is 232 g/mol. The lowest BCUT2D eigenvalue weighted by Crippen LogP contribution is -2.48. The molecule has 0 aromatic heterocycles. The summed E-state index contributed by atoms with van der Waals surface area (Å²) in [7, 11) is 2.36. The maximum absolute atomic E-state index is 3.73. The summed E-state index contributed by atoms with van der Waals surface area (Å²) in [6.45, 7) is 7.20. The van der Waals surface area contributed by atoms with E-state index in [4.69, 9.17) is 0 Å². The van der Waals surface area contributed by atoms with E-state index in [1.807, 2.05) is 0 Å². The normalized spacial score (nSPS) is 36.6. The molecule has 2 aliphatic rings. The maximum Gasteiger partial charge on any atom is 0.0197 e. The Bertz CT molecular complexity index is 246. The molecule has 0 aromatic carbocycles. The summed E-state index contributed by atoms with van der Waals surface area (Å²) in [6.07, 6.45) is 11.3. The van der Waals surface area contributed by atoms with Crippen LogP contribution in [0.15, 0.2) is 0 Å². The fourth-order valence-electron chi connectivity index (χ4n) is 4.10. The second-order valence-corrected chi connectivity index (χ2v) is 6.97. The van der Waals surface area contributed by atoms with E-state index < -0.39 is 0 Å². The Morgan fingerprint density at radius 1 is 0.947 bits per heavy atom. The highest BCUT2D eigenvalue weighted by Crippen LogP contribution is 2.29. The van der Waals surface area contributed by atoms with E-state index >= 15 is 0 Å². The zero-order valence-electron chi connectivity index (χ0n) is 13.3. The largest absolute Gasteiger partial charge is 0.313 e. The molecule has 1 aliphatic heterocycles. The van der Waals surface area contributed by atoms with Crippen LogP contribution in [-0.4, -0.2) is 37.1 Å². The van der Waals surface area contributed by atoms with Crippen molar-refractivity contribution in [1.29, 1.82) is 0 Å². The minimum Gasteiger partial charge on any atom is -0.313 e. The monoisotopic (exact) mass is 266 g/mol. The van der Waals surface area contributed by atoms with Crippen LogP contribution in [0, 0.1) is 11.8 Å². The quantitative estimate of drug-likeness (QED) is 0.817. The van der Waals surface area contributed by atoms with Crippen molar-refractivity contribution in [2.45, 2.75) is 77.3 Å². The number of hydrogen-bond donors (Lipinski definition) is 1. The molecule has 19 heavy (non-hydrogen) atoms. The van der Waals surface area contributed by atoms with E-state index in [-0.39, 0.29) is 0 Å². The molecule has 1 saturated heterocycles. The van der Waals surface area contributed by atoms with E-state index in [0.29, 0.717) is 0 Å². The Morgan fingerprint density at radius 2 is 1.63 bits per heavy atom. The van der Waals surface area contributed by atoms with Crippen molar-refractivity contribution < 1.29 is 0 Å². The molecule has 2 fully saturated rings. The van der Waals surface area contributed by atoms with Gasteiger partial charge < -0.3 is 10.2 Å². The Labute approximate surface area is 120 Å². The molecule has 2 unspecified atom stereocenters. The van der Waals surface area contributed by atoms with E-state index in [9.17, 15) is 0 Å². The van der Waals surface area contributed by atoms with Crippen LogP contribution in [0.4, 0.5) is 0 Å². The van der Waals surface area contributed by atoms with Crippen LogP contribution in [0.5, 0.6) is 0 Å². The third-order valence-corrected chi connectivity index (χ3v) is 5.71. The molecular formula is C17H34N2. The average molecular weight is 266 g/mol. The van der Waals surface area contributed by atoms with Crippen LogP contribution >= 0.6 is 0 Å². The summed E-state index contributed by atoms with van der Waals surface area (Å²) in [6, 6.07) is 1.60. The molecule has 0 spiro atoms. The van der Waals surface area contributed by atoms with Gasteiger partial charge in [0.15, 0.2) is 0 Å². The number of piperidine rings is 1. The van der Waals surface area contributed by atoms with Crippen LogP contribution in [0.2, 0.25) is 0 Å². The van der Waals surface area contributed by atoms with Gasteiger partial charge in [0.05, 0.1) is 0 Å². The molecule has 0 bridgehead atoms. The molecule has 112 valence electrons. The Balaban J connectivity index is 1.73. The molecule has 1 N–H and O–H groups in total. The van der Waals surface area contributed by atoms with Gasteiger partial charge in [0.1, 0.15) is 0 Å². The second kappa shape index (κ2) is 7.64. The fraction of sp³-hybridized carbons (Fsp3) is 1.00. The zero-order chi connectivity index (χ0) is 13.7. The smallest absolute Gasteiger partial charge is 0.0197 e. The first-order valence-electron chi connectivity index (χ1n) is 8.66. The summed E-state index contributed by atoms with van der Waals surface area (Å²) in [5, 5.41) is 3.73. The summed E-state index contributed by atoms with van der Waals surface area (Å²) in [4.78, 5) is 2.65. The molecule has 2 atom stereocenters. The number of hydrogen-bond acceptors (Lipinski definition) is 2. The molecule has 2 heteroatoms. The molecule has 0 amide bonds. The molecule has 0 radical (unpaired) electrons. The highest BCUT2D eigenvalue weighted by atomic mass is 15.2. The highest BCUT2D eigenvalue weighted by molar-refractivity contribution is 4.84.